The number of aliphatic hydroxyl groups excluding tert-OH is 2. The SMILES string of the molecule is O=C(O)C1C[C@@H](O)CN1C(O)Nc1ccc(Cl)cc1. The Bertz CT molecular complexity index is 454. The van der Waals surface area contributed by atoms with Gasteiger partial charge >= 0.3 is 5.97 Å². The molecule has 1 aromatic rings. The number of halogens is 1. The van der Waals surface area contributed by atoms with Gasteiger partial charge in [0, 0.05) is 23.7 Å². The lowest BCUT2D eigenvalue weighted by Crippen LogP contribution is -2.47. The molecule has 1 aliphatic heterocycles. The molecule has 0 aliphatic carbocycles. The summed E-state index contributed by atoms with van der Waals surface area (Å²) in [5.74, 6) is -1.06. The lowest BCUT2D eigenvalue weighted by molar-refractivity contribution is -0.145. The third kappa shape index (κ3) is 3.36. The number of carbonyl (C=O) groups is 1. The van der Waals surface area contributed by atoms with E-state index in [2.05, 4.69) is 5.32 Å². The first-order chi connectivity index (χ1) is 8.97. The first-order valence-corrected chi connectivity index (χ1v) is 6.22. The van der Waals surface area contributed by atoms with Crippen LogP contribution in [0.3, 0.4) is 0 Å². The Morgan fingerprint density at radius 2 is 2.05 bits per heavy atom. The van der Waals surface area contributed by atoms with Crippen LogP contribution in [0, 0.1) is 0 Å². The number of nitrogens with one attached hydrogen (secondary N) is 1. The molecule has 4 N–H and O–H groups in total. The summed E-state index contributed by atoms with van der Waals surface area (Å²) in [6.45, 7) is 0.110. The standard InChI is InChI=1S/C12H15ClN2O4/c13-7-1-3-8(4-2-7)14-12(19)15-6-9(16)5-10(15)11(17)18/h1-4,9-10,12,14,16,19H,5-6H2,(H,17,18)/t9-,10?,12?/m1/s1. The van der Waals surface area contributed by atoms with Crippen LogP contribution >= 0.6 is 11.6 Å². The van der Waals surface area contributed by atoms with Crippen molar-refractivity contribution in [2.75, 3.05) is 11.9 Å². The molecule has 7 heteroatoms. The molecule has 1 saturated heterocycles. The summed E-state index contributed by atoms with van der Waals surface area (Å²) in [7, 11) is 0. The Morgan fingerprint density at radius 1 is 1.42 bits per heavy atom. The van der Waals surface area contributed by atoms with Crippen molar-refractivity contribution >= 4 is 23.3 Å². The minimum absolute atomic E-state index is 0.106. The molecule has 2 unspecified atom stereocenters. The average Bonchev–Trinajstić information content (AvgIpc) is 2.74. The maximum absolute atomic E-state index is 11.0. The smallest absolute Gasteiger partial charge is 0.321 e. The molecule has 0 spiro atoms. The number of hydrogen-bond acceptors (Lipinski definition) is 5. The van der Waals surface area contributed by atoms with Crippen molar-refractivity contribution in [3.8, 4) is 0 Å². The van der Waals surface area contributed by atoms with Crippen LogP contribution in [0.1, 0.15) is 6.42 Å². The highest BCUT2D eigenvalue weighted by Gasteiger charge is 2.39. The maximum Gasteiger partial charge on any atom is 0.321 e. The first kappa shape index (κ1) is 14.1. The van der Waals surface area contributed by atoms with Gasteiger partial charge in [0.15, 0.2) is 6.35 Å². The number of likely N-dealkylation sites (tertiary alicyclic amines) is 1. The van der Waals surface area contributed by atoms with E-state index >= 15 is 0 Å². The zero-order chi connectivity index (χ0) is 14.0. The fourth-order valence-electron chi connectivity index (χ4n) is 2.13. The van der Waals surface area contributed by atoms with E-state index in [1.807, 2.05) is 0 Å². The lowest BCUT2D eigenvalue weighted by Gasteiger charge is -2.27. The highest BCUT2D eigenvalue weighted by atomic mass is 35.5. The highest BCUT2D eigenvalue weighted by molar-refractivity contribution is 6.30. The van der Waals surface area contributed by atoms with Crippen LogP contribution in [0.15, 0.2) is 24.3 Å². The number of hydrogen-bond donors (Lipinski definition) is 4. The van der Waals surface area contributed by atoms with Crippen molar-refractivity contribution in [1.82, 2.24) is 4.90 Å². The number of benzene rings is 1. The Balaban J connectivity index is 2.04. The van der Waals surface area contributed by atoms with Gasteiger partial charge in [-0.25, -0.2) is 4.90 Å². The Labute approximate surface area is 115 Å². The molecule has 0 amide bonds. The number of β-amino-alcohol motifs (C(OH)–C–C–N with tert-alkyl or cyclic N) is 1. The van der Waals surface area contributed by atoms with Crippen molar-refractivity contribution < 1.29 is 20.1 Å². The van der Waals surface area contributed by atoms with E-state index in [0.717, 1.165) is 0 Å². The number of aliphatic carboxylic acids is 1. The van der Waals surface area contributed by atoms with Crippen molar-refractivity contribution in [2.24, 2.45) is 0 Å². The highest BCUT2D eigenvalue weighted by Crippen LogP contribution is 2.22. The predicted molar refractivity (Wildman–Crippen MR) is 69.8 cm³/mol. The zero-order valence-electron chi connectivity index (χ0n) is 10.0. The third-order valence-corrected chi connectivity index (χ3v) is 3.31. The number of anilines is 1. The van der Waals surface area contributed by atoms with E-state index in [4.69, 9.17) is 16.7 Å². The quantitative estimate of drug-likeness (QED) is 0.604. The van der Waals surface area contributed by atoms with Crippen molar-refractivity contribution in [1.29, 1.82) is 0 Å². The third-order valence-electron chi connectivity index (χ3n) is 3.06. The van der Waals surface area contributed by atoms with Crippen LogP contribution in [-0.2, 0) is 4.79 Å². The fraction of sp³-hybridized carbons (Fsp3) is 0.417. The summed E-state index contributed by atoms with van der Waals surface area (Å²) in [4.78, 5) is 12.4. The molecule has 1 fully saturated rings. The molecule has 2 rings (SSSR count). The molecular weight excluding hydrogens is 272 g/mol. The van der Waals surface area contributed by atoms with Crippen LogP contribution in [0.5, 0.6) is 0 Å². The molecule has 0 saturated carbocycles. The molecule has 19 heavy (non-hydrogen) atoms. The average molecular weight is 287 g/mol. The van der Waals surface area contributed by atoms with Gasteiger partial charge in [0.2, 0.25) is 0 Å². The molecule has 1 aliphatic rings. The summed E-state index contributed by atoms with van der Waals surface area (Å²) in [6.07, 6.45) is -1.82. The first-order valence-electron chi connectivity index (χ1n) is 5.84. The van der Waals surface area contributed by atoms with Crippen molar-refractivity contribution in [2.45, 2.75) is 24.9 Å². The summed E-state index contributed by atoms with van der Waals surface area (Å²) in [6, 6.07) is 5.76. The second kappa shape index (κ2) is 5.75. The second-order valence-corrected chi connectivity index (χ2v) is 4.90. The van der Waals surface area contributed by atoms with Crippen molar-refractivity contribution in [3.05, 3.63) is 29.3 Å². The number of nitrogens with zero attached hydrogens (tertiary/aromatic N) is 1. The fourth-order valence-corrected chi connectivity index (χ4v) is 2.26. The molecule has 0 radical (unpaired) electrons. The van der Waals surface area contributed by atoms with E-state index in [0.29, 0.717) is 10.7 Å². The van der Waals surface area contributed by atoms with Crippen LogP contribution in [0.25, 0.3) is 0 Å². The van der Waals surface area contributed by atoms with E-state index in [1.54, 1.807) is 24.3 Å². The molecule has 3 atom stereocenters. The van der Waals surface area contributed by atoms with Gasteiger partial charge in [0.25, 0.3) is 0 Å². The number of carboxylic acids is 1. The van der Waals surface area contributed by atoms with Gasteiger partial charge in [-0.1, -0.05) is 11.6 Å². The van der Waals surface area contributed by atoms with E-state index in [9.17, 15) is 15.0 Å². The summed E-state index contributed by atoms with van der Waals surface area (Å²) in [5, 5.41) is 31.9. The summed E-state index contributed by atoms with van der Waals surface area (Å²) in [5.41, 5.74) is 0.613. The number of carboxylic acid groups (broad SMARTS) is 1. The van der Waals surface area contributed by atoms with Gasteiger partial charge in [-0.05, 0) is 24.3 Å². The van der Waals surface area contributed by atoms with Gasteiger partial charge in [0.05, 0.1) is 6.10 Å². The van der Waals surface area contributed by atoms with E-state index in [1.165, 1.54) is 4.90 Å². The molecule has 1 aromatic carbocycles. The Kier molecular flexibility index (Phi) is 4.26. The van der Waals surface area contributed by atoms with Crippen LogP contribution in [0.2, 0.25) is 5.02 Å². The minimum Gasteiger partial charge on any atom is -0.480 e. The van der Waals surface area contributed by atoms with Gasteiger partial charge in [0.1, 0.15) is 6.04 Å². The predicted octanol–water partition coefficient (Wildman–Crippen LogP) is 0.548. The summed E-state index contributed by atoms with van der Waals surface area (Å²) < 4.78 is 0. The van der Waals surface area contributed by atoms with E-state index in [-0.39, 0.29) is 13.0 Å². The monoisotopic (exact) mass is 286 g/mol. The molecule has 104 valence electrons. The number of rotatable bonds is 4. The molecular formula is C12H15ClN2O4. The van der Waals surface area contributed by atoms with Gasteiger partial charge in [-0.3, -0.25) is 4.79 Å². The zero-order valence-corrected chi connectivity index (χ0v) is 10.8. The van der Waals surface area contributed by atoms with Gasteiger partial charge in [-0.15, -0.1) is 0 Å². The maximum atomic E-state index is 11.0. The Morgan fingerprint density at radius 3 is 2.63 bits per heavy atom. The van der Waals surface area contributed by atoms with Gasteiger partial charge in [-0.2, -0.15) is 0 Å². The molecule has 0 bridgehead atoms. The largest absolute Gasteiger partial charge is 0.480 e. The van der Waals surface area contributed by atoms with Crippen molar-refractivity contribution in [3.63, 3.8) is 0 Å². The molecule has 0 aromatic heterocycles. The minimum atomic E-state index is -1.18. The van der Waals surface area contributed by atoms with Gasteiger partial charge < -0.3 is 20.6 Å². The van der Waals surface area contributed by atoms with Crippen LogP contribution in [-0.4, -0.2) is 51.2 Å². The summed E-state index contributed by atoms with van der Waals surface area (Å²) >= 11 is 5.75. The number of aliphatic hydroxyl groups is 2. The molecule has 6 nitrogen and oxygen atoms in total. The molecule has 1 heterocycles. The van der Waals surface area contributed by atoms with Crippen LogP contribution in [0.4, 0.5) is 5.69 Å². The normalized spacial score (nSPS) is 25.2. The van der Waals surface area contributed by atoms with Crippen LogP contribution < -0.4 is 5.32 Å². The second-order valence-electron chi connectivity index (χ2n) is 4.47. The lowest BCUT2D eigenvalue weighted by atomic mass is 10.2. The topological polar surface area (TPSA) is 93.0 Å². The Hall–Kier alpha value is -1.34. The van der Waals surface area contributed by atoms with E-state index < -0.39 is 24.5 Å².